The smallest absolute Gasteiger partial charge is 0.311 e. The molecule has 110 valence electrons. The molecule has 2 aromatic rings. The molecule has 0 saturated carbocycles. The van der Waals surface area contributed by atoms with Crippen molar-refractivity contribution in [3.8, 4) is 5.75 Å². The van der Waals surface area contributed by atoms with Gasteiger partial charge in [-0.3, -0.25) is 10.1 Å². The normalized spacial score (nSPS) is 10.2. The molecule has 21 heavy (non-hydrogen) atoms. The number of nitrogens with one attached hydrogen (secondary N) is 1. The molecule has 1 heterocycles. The molecular weight excluding hydrogens is 270 g/mol. The van der Waals surface area contributed by atoms with E-state index in [4.69, 9.17) is 4.74 Å². The lowest BCUT2D eigenvalue weighted by Gasteiger charge is -2.09. The summed E-state index contributed by atoms with van der Waals surface area (Å²) in [5.41, 5.74) is 1.80. The summed E-state index contributed by atoms with van der Waals surface area (Å²) in [4.78, 5) is 14.7. The molecule has 1 aromatic heterocycles. The summed E-state index contributed by atoms with van der Waals surface area (Å²) in [6, 6.07) is 9.21. The van der Waals surface area contributed by atoms with Gasteiger partial charge in [-0.15, -0.1) is 0 Å². The van der Waals surface area contributed by atoms with E-state index in [-0.39, 0.29) is 5.69 Å². The fourth-order valence-corrected chi connectivity index (χ4v) is 2.05. The Labute approximate surface area is 122 Å². The highest BCUT2D eigenvalue weighted by molar-refractivity contribution is 5.56. The predicted octanol–water partition coefficient (Wildman–Crippen LogP) is 2.96. The van der Waals surface area contributed by atoms with Crippen LogP contribution in [0.3, 0.4) is 0 Å². The maximum Gasteiger partial charge on any atom is 0.311 e. The van der Waals surface area contributed by atoms with Crippen LogP contribution in [0.1, 0.15) is 11.1 Å². The average molecular weight is 287 g/mol. The van der Waals surface area contributed by atoms with Gasteiger partial charge in [0.1, 0.15) is 5.75 Å². The van der Waals surface area contributed by atoms with Gasteiger partial charge in [0.25, 0.3) is 0 Å². The van der Waals surface area contributed by atoms with Crippen LogP contribution in [0.4, 0.5) is 11.5 Å². The molecule has 6 heteroatoms. The predicted molar refractivity (Wildman–Crippen MR) is 80.8 cm³/mol. The van der Waals surface area contributed by atoms with Crippen LogP contribution < -0.4 is 10.1 Å². The summed E-state index contributed by atoms with van der Waals surface area (Å²) in [6.45, 7) is 2.32. The number of nitrogens with zero attached hydrogens (tertiary/aromatic N) is 2. The summed E-state index contributed by atoms with van der Waals surface area (Å²) in [7, 11) is 1.62. The minimum absolute atomic E-state index is 0.00460. The minimum Gasteiger partial charge on any atom is -0.496 e. The second-order valence-electron chi connectivity index (χ2n) is 4.63. The second-order valence-corrected chi connectivity index (χ2v) is 4.63. The zero-order chi connectivity index (χ0) is 15.2. The number of para-hydroxylation sites is 1. The van der Waals surface area contributed by atoms with E-state index in [1.54, 1.807) is 20.2 Å². The number of aryl methyl sites for hydroxylation is 1. The zero-order valence-electron chi connectivity index (χ0n) is 12.0. The van der Waals surface area contributed by atoms with E-state index >= 15 is 0 Å². The van der Waals surface area contributed by atoms with Crippen LogP contribution in [0.25, 0.3) is 0 Å². The number of hydrogen-bond acceptors (Lipinski definition) is 5. The topological polar surface area (TPSA) is 77.3 Å². The number of pyridine rings is 1. The molecule has 0 fully saturated rings. The summed E-state index contributed by atoms with van der Waals surface area (Å²) in [6.07, 6.45) is 2.30. The van der Waals surface area contributed by atoms with Crippen LogP contribution in [0.5, 0.6) is 5.75 Å². The largest absolute Gasteiger partial charge is 0.496 e. The summed E-state index contributed by atoms with van der Waals surface area (Å²) < 4.78 is 5.27. The van der Waals surface area contributed by atoms with Gasteiger partial charge >= 0.3 is 5.69 Å². The van der Waals surface area contributed by atoms with Crippen LogP contribution in [0.2, 0.25) is 0 Å². The Morgan fingerprint density at radius 3 is 2.86 bits per heavy atom. The lowest BCUT2D eigenvalue weighted by atomic mass is 10.1. The van der Waals surface area contributed by atoms with Crippen molar-refractivity contribution in [2.75, 3.05) is 19.0 Å². The molecule has 0 aliphatic carbocycles. The summed E-state index contributed by atoms with van der Waals surface area (Å²) >= 11 is 0. The van der Waals surface area contributed by atoms with Gasteiger partial charge < -0.3 is 10.1 Å². The fourth-order valence-electron chi connectivity index (χ4n) is 2.05. The quantitative estimate of drug-likeness (QED) is 0.653. The van der Waals surface area contributed by atoms with Crippen molar-refractivity contribution in [1.29, 1.82) is 0 Å². The van der Waals surface area contributed by atoms with Crippen LogP contribution in [0.15, 0.2) is 36.5 Å². The maximum absolute atomic E-state index is 11.0. The Bertz CT molecular complexity index is 644. The molecule has 1 aromatic carbocycles. The summed E-state index contributed by atoms with van der Waals surface area (Å²) in [5.74, 6) is 1.10. The number of benzene rings is 1. The number of hydrogen-bond donors (Lipinski definition) is 1. The van der Waals surface area contributed by atoms with Gasteiger partial charge in [0.15, 0.2) is 0 Å². The molecule has 2 rings (SSSR count). The lowest BCUT2D eigenvalue weighted by molar-refractivity contribution is -0.384. The Morgan fingerprint density at radius 1 is 1.38 bits per heavy atom. The number of ether oxygens (including phenoxy) is 1. The molecule has 1 N–H and O–H groups in total. The highest BCUT2D eigenvalue weighted by atomic mass is 16.6. The first-order valence-electron chi connectivity index (χ1n) is 6.58. The third kappa shape index (κ3) is 3.68. The van der Waals surface area contributed by atoms with Crippen molar-refractivity contribution in [3.63, 3.8) is 0 Å². The van der Waals surface area contributed by atoms with Gasteiger partial charge in [-0.2, -0.15) is 0 Å². The van der Waals surface area contributed by atoms with E-state index in [2.05, 4.69) is 10.3 Å². The molecule has 0 aliphatic heterocycles. The van der Waals surface area contributed by atoms with E-state index < -0.39 is 4.92 Å². The van der Waals surface area contributed by atoms with Crippen LogP contribution >= 0.6 is 0 Å². The highest BCUT2D eigenvalue weighted by Crippen LogP contribution is 2.23. The number of aromatic nitrogens is 1. The van der Waals surface area contributed by atoms with Crippen molar-refractivity contribution >= 4 is 11.5 Å². The third-order valence-corrected chi connectivity index (χ3v) is 3.08. The Kier molecular flexibility index (Phi) is 4.71. The zero-order valence-corrected chi connectivity index (χ0v) is 12.0. The van der Waals surface area contributed by atoms with Crippen molar-refractivity contribution in [1.82, 2.24) is 4.98 Å². The number of nitro groups is 1. The monoisotopic (exact) mass is 287 g/mol. The molecule has 0 saturated heterocycles. The molecule has 0 atom stereocenters. The van der Waals surface area contributed by atoms with E-state index in [1.807, 2.05) is 24.3 Å². The minimum atomic E-state index is -0.425. The SMILES string of the molecule is COc1ccccc1CCNc1ncc(C)cc1[N+](=O)[O-]. The molecule has 0 unspecified atom stereocenters. The van der Waals surface area contributed by atoms with Crippen LogP contribution in [-0.4, -0.2) is 23.6 Å². The number of rotatable bonds is 6. The molecule has 6 nitrogen and oxygen atoms in total. The number of methoxy groups -OCH3 is 1. The Balaban J connectivity index is 2.05. The first-order chi connectivity index (χ1) is 10.1. The van der Waals surface area contributed by atoms with Crippen LogP contribution in [-0.2, 0) is 6.42 Å². The van der Waals surface area contributed by atoms with Crippen molar-refractivity contribution < 1.29 is 9.66 Å². The van der Waals surface area contributed by atoms with E-state index in [0.717, 1.165) is 16.9 Å². The van der Waals surface area contributed by atoms with E-state index in [1.165, 1.54) is 6.07 Å². The van der Waals surface area contributed by atoms with E-state index in [0.29, 0.717) is 18.8 Å². The first kappa shape index (κ1) is 14.8. The van der Waals surface area contributed by atoms with Crippen LogP contribution in [0, 0.1) is 17.0 Å². The van der Waals surface area contributed by atoms with Gasteiger partial charge in [0, 0.05) is 18.8 Å². The van der Waals surface area contributed by atoms with Crippen molar-refractivity contribution in [3.05, 3.63) is 57.8 Å². The van der Waals surface area contributed by atoms with Crippen molar-refractivity contribution in [2.24, 2.45) is 0 Å². The molecular formula is C15H17N3O3. The maximum atomic E-state index is 11.0. The van der Waals surface area contributed by atoms with Gasteiger partial charge in [0.2, 0.25) is 5.82 Å². The first-order valence-corrected chi connectivity index (χ1v) is 6.58. The molecule has 0 amide bonds. The van der Waals surface area contributed by atoms with Gasteiger partial charge in [-0.1, -0.05) is 18.2 Å². The van der Waals surface area contributed by atoms with Gasteiger partial charge in [0.05, 0.1) is 12.0 Å². The van der Waals surface area contributed by atoms with Crippen molar-refractivity contribution in [2.45, 2.75) is 13.3 Å². The average Bonchev–Trinajstić information content (AvgIpc) is 2.49. The Morgan fingerprint density at radius 2 is 2.14 bits per heavy atom. The molecule has 0 bridgehead atoms. The highest BCUT2D eigenvalue weighted by Gasteiger charge is 2.15. The van der Waals surface area contributed by atoms with Gasteiger partial charge in [-0.05, 0) is 30.5 Å². The molecule has 0 spiro atoms. The number of anilines is 1. The Hall–Kier alpha value is -2.63. The lowest BCUT2D eigenvalue weighted by Crippen LogP contribution is -2.09. The van der Waals surface area contributed by atoms with E-state index in [9.17, 15) is 10.1 Å². The molecule has 0 radical (unpaired) electrons. The fraction of sp³-hybridized carbons (Fsp3) is 0.267. The molecule has 0 aliphatic rings. The summed E-state index contributed by atoms with van der Waals surface area (Å²) in [5, 5.41) is 14.0. The third-order valence-electron chi connectivity index (χ3n) is 3.08. The van der Waals surface area contributed by atoms with Gasteiger partial charge in [-0.25, -0.2) is 4.98 Å². The standard InChI is InChI=1S/C15H17N3O3/c1-11-9-13(18(19)20)15(17-10-11)16-8-7-12-5-3-4-6-14(12)21-2/h3-6,9-10H,7-8H2,1-2H3,(H,16,17). The second kappa shape index (κ2) is 6.69.